The Kier molecular flexibility index (Phi) is 59.0. The quantitative estimate of drug-likeness (QED) is 0.0261. The van der Waals surface area contributed by atoms with Crippen molar-refractivity contribution in [2.24, 2.45) is 0 Å². The first-order chi connectivity index (χ1) is 38.0. The van der Waals surface area contributed by atoms with Gasteiger partial charge < -0.3 is 14.2 Å². The van der Waals surface area contributed by atoms with Crippen LogP contribution < -0.4 is 0 Å². The first kappa shape index (κ1) is 71.8. The highest BCUT2D eigenvalue weighted by Crippen LogP contribution is 2.13. The molecule has 0 bridgehead atoms. The molecular weight excluding hydrogens is 949 g/mol. The summed E-state index contributed by atoms with van der Waals surface area (Å²) >= 11 is 0. The molecule has 0 aromatic carbocycles. The zero-order chi connectivity index (χ0) is 55.7. The summed E-state index contributed by atoms with van der Waals surface area (Å²) in [5.74, 6) is -0.984. The lowest BCUT2D eigenvalue weighted by molar-refractivity contribution is -0.167. The summed E-state index contributed by atoms with van der Waals surface area (Å²) in [7, 11) is 0. The molecule has 0 N–H and O–H groups in total. The third kappa shape index (κ3) is 61.5. The molecule has 0 fully saturated rings. The van der Waals surface area contributed by atoms with Crippen LogP contribution >= 0.6 is 0 Å². The molecule has 6 nitrogen and oxygen atoms in total. The molecule has 0 saturated carbocycles. The Morgan fingerprint density at radius 1 is 0.273 bits per heavy atom. The topological polar surface area (TPSA) is 78.9 Å². The van der Waals surface area contributed by atoms with Gasteiger partial charge in [-0.25, -0.2) is 0 Å². The molecule has 0 aliphatic heterocycles. The minimum Gasteiger partial charge on any atom is -0.462 e. The molecule has 0 amide bonds. The van der Waals surface area contributed by atoms with Crippen molar-refractivity contribution < 1.29 is 28.6 Å². The van der Waals surface area contributed by atoms with Crippen molar-refractivity contribution in [2.75, 3.05) is 13.2 Å². The van der Waals surface area contributed by atoms with Crippen molar-refractivity contribution in [1.82, 2.24) is 0 Å². The van der Waals surface area contributed by atoms with E-state index in [9.17, 15) is 14.4 Å². The molecule has 0 aliphatic carbocycles. The largest absolute Gasteiger partial charge is 0.462 e. The van der Waals surface area contributed by atoms with E-state index in [1.807, 2.05) is 0 Å². The lowest BCUT2D eigenvalue weighted by Gasteiger charge is -2.18. The van der Waals surface area contributed by atoms with Gasteiger partial charge in [-0.15, -0.1) is 0 Å². The summed E-state index contributed by atoms with van der Waals surface area (Å²) < 4.78 is 16.8. The minimum absolute atomic E-state index is 0.111. The van der Waals surface area contributed by atoms with Crippen molar-refractivity contribution in [3.05, 3.63) is 170 Å². The highest BCUT2D eigenvalue weighted by Gasteiger charge is 2.19. The molecule has 0 radical (unpaired) electrons. The van der Waals surface area contributed by atoms with E-state index in [1.165, 1.54) is 6.42 Å². The van der Waals surface area contributed by atoms with Crippen molar-refractivity contribution in [2.45, 2.75) is 245 Å². The van der Waals surface area contributed by atoms with Crippen LogP contribution in [0.4, 0.5) is 0 Å². The lowest BCUT2D eigenvalue weighted by atomic mass is 10.1. The molecule has 0 spiro atoms. The summed E-state index contributed by atoms with van der Waals surface area (Å²) in [5.41, 5.74) is 0. The Hall–Kier alpha value is -5.23. The summed E-state index contributed by atoms with van der Waals surface area (Å²) in [6.07, 6.45) is 93.5. The highest BCUT2D eigenvalue weighted by atomic mass is 16.6. The van der Waals surface area contributed by atoms with Crippen LogP contribution in [0.1, 0.15) is 239 Å². The van der Waals surface area contributed by atoms with Gasteiger partial charge in [0, 0.05) is 19.3 Å². The number of hydrogen-bond acceptors (Lipinski definition) is 6. The van der Waals surface area contributed by atoms with Gasteiger partial charge in [-0.2, -0.15) is 0 Å². The smallest absolute Gasteiger partial charge is 0.306 e. The summed E-state index contributed by atoms with van der Waals surface area (Å²) in [6, 6.07) is 0. The number of carbonyl (C=O) groups is 3. The molecule has 0 aliphatic rings. The monoisotopic (exact) mass is 1060 g/mol. The first-order valence-electron chi connectivity index (χ1n) is 30.6. The van der Waals surface area contributed by atoms with Crippen molar-refractivity contribution in [3.8, 4) is 0 Å². The Morgan fingerprint density at radius 3 is 0.805 bits per heavy atom. The van der Waals surface area contributed by atoms with Gasteiger partial charge in [0.15, 0.2) is 6.10 Å². The number of ether oxygens (including phenoxy) is 3. The maximum Gasteiger partial charge on any atom is 0.306 e. The third-order valence-electron chi connectivity index (χ3n) is 12.2. The number of allylic oxidation sites excluding steroid dienone is 28. The van der Waals surface area contributed by atoms with Gasteiger partial charge in [-0.1, -0.05) is 242 Å². The maximum atomic E-state index is 12.9. The first-order valence-corrected chi connectivity index (χ1v) is 30.6. The number of rotatable bonds is 53. The molecule has 1 atom stereocenters. The highest BCUT2D eigenvalue weighted by molar-refractivity contribution is 5.71. The normalized spacial score (nSPS) is 13.3. The van der Waals surface area contributed by atoms with E-state index in [0.29, 0.717) is 12.8 Å². The maximum absolute atomic E-state index is 12.9. The van der Waals surface area contributed by atoms with E-state index in [2.05, 4.69) is 191 Å². The van der Waals surface area contributed by atoms with Gasteiger partial charge in [0.1, 0.15) is 13.2 Å². The summed E-state index contributed by atoms with van der Waals surface area (Å²) in [6.45, 7) is 6.28. The van der Waals surface area contributed by atoms with Crippen LogP contribution in [0.3, 0.4) is 0 Å². The number of hydrogen-bond donors (Lipinski definition) is 0. The number of esters is 3. The van der Waals surface area contributed by atoms with Crippen molar-refractivity contribution in [1.29, 1.82) is 0 Å². The van der Waals surface area contributed by atoms with Crippen LogP contribution in [0.5, 0.6) is 0 Å². The molecule has 0 heterocycles. The predicted octanol–water partition coefficient (Wildman–Crippen LogP) is 21.1. The zero-order valence-electron chi connectivity index (χ0n) is 49.1. The lowest BCUT2D eigenvalue weighted by Crippen LogP contribution is -2.30. The SMILES string of the molecule is CC/C=C\C/C=C\C/C=C\C/C=C\C/C=C\C/C=C\C/C=C\C/C=C\C/C=C\CCCCCC(=O)OCC(COC(=O)CCCCCCC/C=C\C/C=C\CCC)OC(=O)CCCCCCC/C=C\C/C=C\C/C=C\CC. The second kappa shape index (κ2) is 63.3. The molecule has 430 valence electrons. The average Bonchev–Trinajstić information content (AvgIpc) is 3.43. The van der Waals surface area contributed by atoms with Crippen LogP contribution in [0, 0.1) is 0 Å². The fourth-order valence-electron chi connectivity index (χ4n) is 7.66. The minimum atomic E-state index is -0.816. The Balaban J connectivity index is 4.42. The van der Waals surface area contributed by atoms with Gasteiger partial charge in [0.05, 0.1) is 0 Å². The van der Waals surface area contributed by atoms with Gasteiger partial charge in [0.2, 0.25) is 0 Å². The van der Waals surface area contributed by atoms with Crippen LogP contribution in [0.2, 0.25) is 0 Å². The van der Waals surface area contributed by atoms with Crippen LogP contribution in [-0.2, 0) is 28.6 Å². The second-order valence-electron chi connectivity index (χ2n) is 19.5. The molecule has 6 heteroatoms. The fraction of sp³-hybridized carbons (Fsp3) is 0.563. The van der Waals surface area contributed by atoms with Gasteiger partial charge in [-0.3, -0.25) is 14.4 Å². The van der Waals surface area contributed by atoms with Crippen molar-refractivity contribution in [3.63, 3.8) is 0 Å². The summed E-state index contributed by atoms with van der Waals surface area (Å²) in [5, 5.41) is 0. The third-order valence-corrected chi connectivity index (χ3v) is 12.2. The van der Waals surface area contributed by atoms with E-state index in [1.54, 1.807) is 0 Å². The van der Waals surface area contributed by atoms with E-state index in [4.69, 9.17) is 14.2 Å². The molecule has 0 saturated heterocycles. The van der Waals surface area contributed by atoms with E-state index < -0.39 is 6.10 Å². The Bertz CT molecular complexity index is 1790. The molecule has 1 unspecified atom stereocenters. The van der Waals surface area contributed by atoms with E-state index in [-0.39, 0.29) is 37.5 Å². The average molecular weight is 1060 g/mol. The van der Waals surface area contributed by atoms with E-state index in [0.717, 1.165) is 193 Å². The zero-order valence-corrected chi connectivity index (χ0v) is 49.1. The van der Waals surface area contributed by atoms with Crippen molar-refractivity contribution >= 4 is 17.9 Å². The summed E-state index contributed by atoms with van der Waals surface area (Å²) in [4.78, 5) is 38.2. The molecular formula is C71H110O6. The Labute approximate surface area is 472 Å². The standard InChI is InChI=1S/C71H110O6/c1-4-7-10-13-16-19-22-25-27-28-29-30-31-32-33-34-35-36-37-38-39-40-41-42-44-46-49-52-55-58-61-64-70(73)76-67-68(66-75-69(72)63-60-57-54-51-48-45-24-21-18-15-12-9-6-3)77-71(74)65-62-59-56-53-50-47-43-26-23-20-17-14-11-8-5-2/h7-8,10-12,15-17,19-21,24-27,29-30,32-33,35-36,38-39,41-43,46,49,68H,4-6,9,13-14,18,22-23,28,31,34,37,40,44-45,47-48,50-67H2,1-3H3/b10-7-,11-8-,15-12-,19-16-,20-17-,24-21-,27-25-,30-29-,33-32-,36-35-,39-38-,42-41-,43-26-,49-46-. The number of carbonyl (C=O) groups excluding carboxylic acids is 3. The van der Waals surface area contributed by atoms with Gasteiger partial charge in [-0.05, 0) is 148 Å². The molecule has 0 rings (SSSR count). The Morgan fingerprint density at radius 2 is 0.506 bits per heavy atom. The predicted molar refractivity (Wildman–Crippen MR) is 334 cm³/mol. The fourth-order valence-corrected chi connectivity index (χ4v) is 7.66. The van der Waals surface area contributed by atoms with Gasteiger partial charge in [0.25, 0.3) is 0 Å². The number of unbranched alkanes of at least 4 members (excludes halogenated alkanes) is 14. The molecule has 0 aromatic rings. The second-order valence-corrected chi connectivity index (χ2v) is 19.5. The molecule has 77 heavy (non-hydrogen) atoms. The van der Waals surface area contributed by atoms with E-state index >= 15 is 0 Å². The van der Waals surface area contributed by atoms with Crippen LogP contribution in [-0.4, -0.2) is 37.2 Å². The van der Waals surface area contributed by atoms with Crippen LogP contribution in [0.25, 0.3) is 0 Å². The van der Waals surface area contributed by atoms with Crippen LogP contribution in [0.15, 0.2) is 170 Å². The van der Waals surface area contributed by atoms with Gasteiger partial charge >= 0.3 is 17.9 Å². The molecule has 0 aromatic heterocycles.